The first kappa shape index (κ1) is 17.9. The average Bonchev–Trinajstić information content (AvgIpc) is 2.56. The van der Waals surface area contributed by atoms with Crippen LogP contribution in [0.2, 0.25) is 0 Å². The summed E-state index contributed by atoms with van der Waals surface area (Å²) >= 11 is 0. The molecule has 130 valence electrons. The summed E-state index contributed by atoms with van der Waals surface area (Å²) < 4.78 is 40.7. The van der Waals surface area contributed by atoms with Crippen LogP contribution < -0.4 is 10.6 Å². The van der Waals surface area contributed by atoms with Gasteiger partial charge in [-0.15, -0.1) is 0 Å². The lowest BCUT2D eigenvalue weighted by Gasteiger charge is -2.43. The van der Waals surface area contributed by atoms with Gasteiger partial charge >= 0.3 is 6.18 Å². The van der Waals surface area contributed by atoms with E-state index in [9.17, 15) is 13.2 Å². The second-order valence-electron chi connectivity index (χ2n) is 5.50. The Morgan fingerprint density at radius 1 is 1.46 bits per heavy atom. The summed E-state index contributed by atoms with van der Waals surface area (Å²) in [4.78, 5) is 0. The summed E-state index contributed by atoms with van der Waals surface area (Å²) in [6, 6.07) is -2.26. The number of allylic oxidation sites excluding steroid dienone is 3. The normalized spacial score (nSPS) is 24.2. The molecule has 0 aromatic heterocycles. The van der Waals surface area contributed by atoms with Crippen LogP contribution in [0.5, 0.6) is 0 Å². The van der Waals surface area contributed by atoms with Crippen molar-refractivity contribution in [3.05, 3.63) is 60.6 Å². The number of halogens is 3. The predicted molar refractivity (Wildman–Crippen MR) is 90.0 cm³/mol. The summed E-state index contributed by atoms with van der Waals surface area (Å²) in [6.07, 6.45) is 2.03. The van der Waals surface area contributed by atoms with E-state index in [1.54, 1.807) is 19.2 Å². The van der Waals surface area contributed by atoms with E-state index in [4.69, 9.17) is 0 Å². The second kappa shape index (κ2) is 6.98. The van der Waals surface area contributed by atoms with Gasteiger partial charge in [-0.3, -0.25) is 0 Å². The highest BCUT2D eigenvalue weighted by molar-refractivity contribution is 5.65. The molecule has 0 amide bonds. The average molecular weight is 338 g/mol. The zero-order valence-electron chi connectivity index (χ0n) is 13.5. The highest BCUT2D eigenvalue weighted by atomic mass is 19.4. The van der Waals surface area contributed by atoms with E-state index in [0.29, 0.717) is 29.1 Å². The Morgan fingerprint density at radius 2 is 2.17 bits per heavy atom. The number of hydrazone groups is 1. The van der Waals surface area contributed by atoms with Crippen LogP contribution >= 0.6 is 0 Å². The largest absolute Gasteiger partial charge is 0.410 e. The van der Waals surface area contributed by atoms with Gasteiger partial charge in [-0.25, -0.2) is 5.01 Å². The molecular weight excluding hydrogens is 317 g/mol. The summed E-state index contributed by atoms with van der Waals surface area (Å²) in [5.41, 5.74) is 1.87. The molecule has 2 unspecified atom stereocenters. The van der Waals surface area contributed by atoms with Gasteiger partial charge in [0, 0.05) is 37.4 Å². The molecule has 2 atom stereocenters. The first-order valence-electron chi connectivity index (χ1n) is 7.53. The monoisotopic (exact) mass is 338 g/mol. The van der Waals surface area contributed by atoms with Crippen molar-refractivity contribution in [1.82, 2.24) is 15.6 Å². The van der Waals surface area contributed by atoms with Crippen LogP contribution in [0.25, 0.3) is 0 Å². The third-order valence-electron chi connectivity index (χ3n) is 4.07. The number of hydrogen-bond acceptors (Lipinski definition) is 4. The Kier molecular flexibility index (Phi) is 5.21. The molecule has 0 aliphatic carbocycles. The molecule has 24 heavy (non-hydrogen) atoms. The minimum atomic E-state index is -4.41. The van der Waals surface area contributed by atoms with E-state index in [2.05, 4.69) is 35.5 Å². The first-order chi connectivity index (χ1) is 11.3. The molecule has 2 aliphatic rings. The molecule has 2 N–H and O–H groups in total. The van der Waals surface area contributed by atoms with E-state index >= 15 is 0 Å². The maximum atomic E-state index is 13.6. The third kappa shape index (κ3) is 3.39. The summed E-state index contributed by atoms with van der Waals surface area (Å²) in [5, 5.41) is 11.0. The van der Waals surface area contributed by atoms with Gasteiger partial charge < -0.3 is 10.6 Å². The summed E-state index contributed by atoms with van der Waals surface area (Å²) in [5.74, 6) is 0.326. The number of rotatable bonds is 5. The minimum Gasteiger partial charge on any atom is -0.388 e. The van der Waals surface area contributed by atoms with Gasteiger partial charge in [0.05, 0.1) is 6.04 Å². The molecule has 2 aliphatic heterocycles. The van der Waals surface area contributed by atoms with Gasteiger partial charge in [0.25, 0.3) is 0 Å². The van der Waals surface area contributed by atoms with Crippen LogP contribution in [0.3, 0.4) is 0 Å². The lowest BCUT2D eigenvalue weighted by atomic mass is 9.93. The number of likely N-dealkylation sites (N-methyl/N-ethyl adjacent to an activating group) is 1. The maximum Gasteiger partial charge on any atom is 0.410 e. The molecule has 2 heterocycles. The van der Waals surface area contributed by atoms with Crippen LogP contribution in [-0.2, 0) is 0 Å². The van der Waals surface area contributed by atoms with Crippen molar-refractivity contribution < 1.29 is 13.2 Å². The van der Waals surface area contributed by atoms with Crippen molar-refractivity contribution in [2.24, 2.45) is 5.10 Å². The van der Waals surface area contributed by atoms with Crippen LogP contribution in [-0.4, -0.2) is 36.5 Å². The van der Waals surface area contributed by atoms with Gasteiger partial charge in [-0.05, 0) is 5.57 Å². The molecule has 0 saturated carbocycles. The fourth-order valence-corrected chi connectivity index (χ4v) is 2.82. The Morgan fingerprint density at radius 3 is 2.71 bits per heavy atom. The van der Waals surface area contributed by atoms with Crippen LogP contribution in [0.4, 0.5) is 13.2 Å². The highest BCUT2D eigenvalue weighted by Crippen LogP contribution is 2.38. The number of nitrogens with one attached hydrogen (secondary N) is 2. The van der Waals surface area contributed by atoms with Crippen LogP contribution in [0.15, 0.2) is 65.7 Å². The number of hydrogen-bond donors (Lipinski definition) is 2. The van der Waals surface area contributed by atoms with Gasteiger partial charge in [-0.2, -0.15) is 18.3 Å². The van der Waals surface area contributed by atoms with Crippen molar-refractivity contribution in [2.45, 2.75) is 31.1 Å². The maximum absolute atomic E-state index is 13.6. The smallest absolute Gasteiger partial charge is 0.388 e. The summed E-state index contributed by atoms with van der Waals surface area (Å²) in [7, 11) is 1.68. The van der Waals surface area contributed by atoms with E-state index in [-0.39, 0.29) is 6.42 Å². The van der Waals surface area contributed by atoms with Crippen molar-refractivity contribution in [3.8, 4) is 0 Å². The molecular formula is C17H21F3N4. The van der Waals surface area contributed by atoms with Crippen molar-refractivity contribution in [1.29, 1.82) is 0 Å². The molecule has 0 aromatic rings. The molecule has 0 radical (unpaired) electrons. The van der Waals surface area contributed by atoms with Gasteiger partial charge in [0.2, 0.25) is 0 Å². The molecule has 0 spiro atoms. The van der Waals surface area contributed by atoms with E-state index in [1.807, 2.05) is 0 Å². The zero-order valence-corrected chi connectivity index (χ0v) is 13.5. The summed E-state index contributed by atoms with van der Waals surface area (Å²) in [6.45, 7) is 11.2. The molecule has 0 aromatic carbocycles. The van der Waals surface area contributed by atoms with Crippen molar-refractivity contribution in [2.75, 3.05) is 7.05 Å². The predicted octanol–water partition coefficient (Wildman–Crippen LogP) is 3.21. The quantitative estimate of drug-likeness (QED) is 0.756. The van der Waals surface area contributed by atoms with Crippen LogP contribution in [0, 0.1) is 0 Å². The second-order valence-corrected chi connectivity index (χ2v) is 5.50. The highest BCUT2D eigenvalue weighted by Gasteiger charge is 2.50. The molecule has 0 bridgehead atoms. The minimum absolute atomic E-state index is 0.171. The molecule has 1 saturated heterocycles. The van der Waals surface area contributed by atoms with E-state index in [0.717, 1.165) is 5.01 Å². The van der Waals surface area contributed by atoms with E-state index < -0.39 is 18.3 Å². The first-order valence-corrected chi connectivity index (χ1v) is 7.53. The Balaban J connectivity index is 2.51. The molecule has 4 nitrogen and oxygen atoms in total. The topological polar surface area (TPSA) is 39.7 Å². The number of fused-ring (bicyclic) bond motifs is 1. The van der Waals surface area contributed by atoms with Crippen molar-refractivity contribution >= 4 is 6.21 Å². The fourth-order valence-electron chi connectivity index (χ4n) is 2.82. The van der Waals surface area contributed by atoms with Crippen LogP contribution in [0.1, 0.15) is 12.8 Å². The lowest BCUT2D eigenvalue weighted by Crippen LogP contribution is -2.56. The number of alkyl halides is 3. The third-order valence-corrected chi connectivity index (χ3v) is 4.07. The number of nitrogens with zero attached hydrogens (tertiary/aromatic N) is 2. The zero-order chi connectivity index (χ0) is 17.9. The fraction of sp³-hybridized carbons (Fsp3) is 0.353. The Labute approximate surface area is 139 Å². The Bertz CT molecular complexity index is 628. The lowest BCUT2D eigenvalue weighted by molar-refractivity contribution is -0.187. The standard InChI is InChI=1S/C17H21F3N4/c1-5-7-12(6-2)14-10-15(17(18,19)20)24-16(23-14)13(8-9-22-24)11(3)21-4/h5-7,9,14-15,21,23H,1-3,8,10H2,4H3/b12-7+. The molecule has 2 rings (SSSR count). The van der Waals surface area contributed by atoms with E-state index in [1.165, 1.54) is 12.3 Å². The molecule has 7 heteroatoms. The Hall–Kier alpha value is -2.44. The SMILES string of the molecule is C=C/C=C(\C=C)C1CC(C(F)(F)F)N2N=CCC(C(=C)NC)=C2N1. The van der Waals surface area contributed by atoms with Gasteiger partial charge in [-0.1, -0.05) is 38.0 Å². The van der Waals surface area contributed by atoms with Gasteiger partial charge in [0.15, 0.2) is 6.04 Å². The van der Waals surface area contributed by atoms with Gasteiger partial charge in [0.1, 0.15) is 5.82 Å². The van der Waals surface area contributed by atoms with Crippen molar-refractivity contribution in [3.63, 3.8) is 0 Å². The molecule has 1 fully saturated rings.